The molecule has 2 aromatic heterocycles. The van der Waals surface area contributed by atoms with Gasteiger partial charge in [-0.1, -0.05) is 12.1 Å². The number of aromatic nitrogens is 4. The molecule has 0 N–H and O–H groups in total. The lowest BCUT2D eigenvalue weighted by Crippen LogP contribution is -2.46. The van der Waals surface area contributed by atoms with Gasteiger partial charge in [-0.05, 0) is 19.8 Å². The summed E-state index contributed by atoms with van der Waals surface area (Å²) in [4.78, 5) is 9.19. The summed E-state index contributed by atoms with van der Waals surface area (Å²) >= 11 is 0. The Morgan fingerprint density at radius 3 is 2.62 bits per heavy atom. The molecule has 0 bridgehead atoms. The Bertz CT molecular complexity index is 672. The second-order valence-electron chi connectivity index (χ2n) is 6.70. The van der Waals surface area contributed by atoms with E-state index in [9.17, 15) is 0 Å². The molecule has 8 heteroatoms. The first-order valence-corrected chi connectivity index (χ1v) is 8.84. The van der Waals surface area contributed by atoms with E-state index in [4.69, 9.17) is 8.94 Å². The minimum Gasteiger partial charge on any atom is -0.424 e. The molecule has 2 aromatic rings. The van der Waals surface area contributed by atoms with Crippen molar-refractivity contribution in [2.45, 2.75) is 51.6 Å². The minimum absolute atomic E-state index is 0.157. The normalized spacial score (nSPS) is 21.2. The van der Waals surface area contributed by atoms with Crippen molar-refractivity contribution in [1.82, 2.24) is 30.1 Å². The molecule has 1 aliphatic heterocycles. The monoisotopic (exact) mass is 332 g/mol. The van der Waals surface area contributed by atoms with Gasteiger partial charge >= 0.3 is 0 Å². The van der Waals surface area contributed by atoms with Crippen LogP contribution in [0.5, 0.6) is 0 Å². The standard InChI is InChI=1S/C16H24N6O2/c1-3-13-17-15(24-20-13)11(2)22-8-6-21(7-9-22)10-14-18-19-16(23-14)12-4-5-12/h11-12H,3-10H2,1-2H3/t11-/m0/s1. The van der Waals surface area contributed by atoms with E-state index in [-0.39, 0.29) is 6.04 Å². The molecule has 1 aliphatic carbocycles. The van der Waals surface area contributed by atoms with Gasteiger partial charge < -0.3 is 8.94 Å². The quantitative estimate of drug-likeness (QED) is 0.791. The van der Waals surface area contributed by atoms with E-state index in [1.807, 2.05) is 6.92 Å². The van der Waals surface area contributed by atoms with Gasteiger partial charge in [0.1, 0.15) is 0 Å². The lowest BCUT2D eigenvalue weighted by atomic mass is 10.2. The zero-order chi connectivity index (χ0) is 16.5. The summed E-state index contributed by atoms with van der Waals surface area (Å²) in [7, 11) is 0. The van der Waals surface area contributed by atoms with E-state index < -0.39 is 0 Å². The highest BCUT2D eigenvalue weighted by molar-refractivity contribution is 5.00. The molecule has 0 amide bonds. The summed E-state index contributed by atoms with van der Waals surface area (Å²) in [6.45, 7) is 8.78. The van der Waals surface area contributed by atoms with Crippen LogP contribution in [-0.2, 0) is 13.0 Å². The van der Waals surface area contributed by atoms with Crippen LogP contribution in [0.2, 0.25) is 0 Å². The van der Waals surface area contributed by atoms with Crippen LogP contribution < -0.4 is 0 Å². The first kappa shape index (κ1) is 15.7. The predicted octanol–water partition coefficient (Wildman–Crippen LogP) is 1.77. The van der Waals surface area contributed by atoms with Gasteiger partial charge in [0.15, 0.2) is 5.82 Å². The Hall–Kier alpha value is -1.80. The summed E-state index contributed by atoms with van der Waals surface area (Å²) in [5, 5.41) is 12.3. The molecule has 0 aromatic carbocycles. The molecule has 1 atom stereocenters. The van der Waals surface area contributed by atoms with E-state index >= 15 is 0 Å². The third kappa shape index (κ3) is 3.34. The second kappa shape index (κ2) is 6.60. The Kier molecular flexibility index (Phi) is 4.32. The van der Waals surface area contributed by atoms with Crippen molar-refractivity contribution in [2.75, 3.05) is 26.2 Å². The molecule has 2 fully saturated rings. The largest absolute Gasteiger partial charge is 0.424 e. The number of hydrogen-bond acceptors (Lipinski definition) is 8. The maximum atomic E-state index is 5.76. The van der Waals surface area contributed by atoms with Crippen LogP contribution in [0.3, 0.4) is 0 Å². The van der Waals surface area contributed by atoms with Crippen molar-refractivity contribution in [3.63, 3.8) is 0 Å². The maximum absolute atomic E-state index is 5.76. The molecule has 0 spiro atoms. The Morgan fingerprint density at radius 2 is 1.96 bits per heavy atom. The van der Waals surface area contributed by atoms with E-state index in [0.717, 1.165) is 56.8 Å². The molecule has 1 saturated carbocycles. The average Bonchev–Trinajstić information content (AvgIpc) is 3.17. The van der Waals surface area contributed by atoms with E-state index in [1.165, 1.54) is 12.8 Å². The lowest BCUT2D eigenvalue weighted by Gasteiger charge is -2.36. The molecule has 2 aliphatic rings. The number of piperazine rings is 1. The van der Waals surface area contributed by atoms with Crippen LogP contribution in [0, 0.1) is 0 Å². The Morgan fingerprint density at radius 1 is 1.17 bits per heavy atom. The van der Waals surface area contributed by atoms with Crippen molar-refractivity contribution in [3.05, 3.63) is 23.5 Å². The van der Waals surface area contributed by atoms with Crippen LogP contribution in [0.15, 0.2) is 8.94 Å². The Balaban J connectivity index is 1.29. The molecule has 24 heavy (non-hydrogen) atoms. The van der Waals surface area contributed by atoms with Gasteiger partial charge in [0.05, 0.1) is 12.6 Å². The summed E-state index contributed by atoms with van der Waals surface area (Å²) in [6.07, 6.45) is 3.18. The first-order chi connectivity index (χ1) is 11.7. The molecular formula is C16H24N6O2. The third-order valence-corrected chi connectivity index (χ3v) is 4.88. The van der Waals surface area contributed by atoms with Crippen molar-refractivity contribution >= 4 is 0 Å². The fourth-order valence-electron chi connectivity index (χ4n) is 3.06. The van der Waals surface area contributed by atoms with Crippen LogP contribution >= 0.6 is 0 Å². The smallest absolute Gasteiger partial charge is 0.243 e. The third-order valence-electron chi connectivity index (χ3n) is 4.88. The number of nitrogens with zero attached hydrogens (tertiary/aromatic N) is 6. The van der Waals surface area contributed by atoms with E-state index in [2.05, 4.69) is 37.1 Å². The van der Waals surface area contributed by atoms with Gasteiger partial charge in [-0.15, -0.1) is 10.2 Å². The fourth-order valence-corrected chi connectivity index (χ4v) is 3.06. The van der Waals surface area contributed by atoms with Gasteiger partial charge in [0, 0.05) is 38.5 Å². The SMILES string of the molecule is CCc1noc([C@H](C)N2CCN(Cc3nnc(C4CC4)o3)CC2)n1. The van der Waals surface area contributed by atoms with Gasteiger partial charge in [0.2, 0.25) is 17.7 Å². The molecule has 4 rings (SSSR count). The predicted molar refractivity (Wildman–Crippen MR) is 85.2 cm³/mol. The van der Waals surface area contributed by atoms with E-state index in [1.54, 1.807) is 0 Å². The van der Waals surface area contributed by atoms with Crippen molar-refractivity contribution < 1.29 is 8.94 Å². The summed E-state index contributed by atoms with van der Waals surface area (Å²) in [6, 6.07) is 0.157. The summed E-state index contributed by atoms with van der Waals surface area (Å²) < 4.78 is 11.1. The van der Waals surface area contributed by atoms with Crippen molar-refractivity contribution in [1.29, 1.82) is 0 Å². The minimum atomic E-state index is 0.157. The second-order valence-corrected chi connectivity index (χ2v) is 6.70. The zero-order valence-corrected chi connectivity index (χ0v) is 14.3. The summed E-state index contributed by atoms with van der Waals surface area (Å²) in [5.74, 6) is 3.57. The molecule has 0 unspecified atom stereocenters. The van der Waals surface area contributed by atoms with Crippen molar-refractivity contribution in [2.24, 2.45) is 0 Å². The number of hydrogen-bond donors (Lipinski definition) is 0. The van der Waals surface area contributed by atoms with Gasteiger partial charge in [0.25, 0.3) is 0 Å². The fraction of sp³-hybridized carbons (Fsp3) is 0.750. The van der Waals surface area contributed by atoms with Gasteiger partial charge in [-0.3, -0.25) is 9.80 Å². The van der Waals surface area contributed by atoms with Crippen LogP contribution in [0.4, 0.5) is 0 Å². The average molecular weight is 332 g/mol. The highest BCUT2D eigenvalue weighted by atomic mass is 16.5. The lowest BCUT2D eigenvalue weighted by molar-refractivity contribution is 0.0795. The molecule has 130 valence electrons. The molecule has 1 saturated heterocycles. The molecular weight excluding hydrogens is 308 g/mol. The van der Waals surface area contributed by atoms with Crippen LogP contribution in [-0.4, -0.2) is 56.3 Å². The maximum Gasteiger partial charge on any atom is 0.243 e. The molecule has 0 radical (unpaired) electrons. The topological polar surface area (TPSA) is 84.3 Å². The van der Waals surface area contributed by atoms with Crippen molar-refractivity contribution in [3.8, 4) is 0 Å². The molecule has 8 nitrogen and oxygen atoms in total. The number of rotatable bonds is 6. The van der Waals surface area contributed by atoms with Gasteiger partial charge in [-0.25, -0.2) is 0 Å². The first-order valence-electron chi connectivity index (χ1n) is 8.84. The highest BCUT2D eigenvalue weighted by Crippen LogP contribution is 2.39. The van der Waals surface area contributed by atoms with Crippen LogP contribution in [0.25, 0.3) is 0 Å². The molecule has 3 heterocycles. The van der Waals surface area contributed by atoms with E-state index in [0.29, 0.717) is 11.8 Å². The number of aryl methyl sites for hydroxylation is 1. The summed E-state index contributed by atoms with van der Waals surface area (Å²) in [5.41, 5.74) is 0. The van der Waals surface area contributed by atoms with Gasteiger partial charge in [-0.2, -0.15) is 4.98 Å². The van der Waals surface area contributed by atoms with Crippen LogP contribution in [0.1, 0.15) is 62.1 Å². The Labute approximate surface area is 141 Å². The highest BCUT2D eigenvalue weighted by Gasteiger charge is 2.30. The zero-order valence-electron chi connectivity index (χ0n) is 14.3.